The highest BCUT2D eigenvalue weighted by atomic mass is 16.6. The predicted molar refractivity (Wildman–Crippen MR) is 73.1 cm³/mol. The molecule has 0 amide bonds. The highest BCUT2D eigenvalue weighted by Crippen LogP contribution is 2.27. The van der Waals surface area contributed by atoms with Crippen LogP contribution in [0.2, 0.25) is 0 Å². The minimum Gasteiger partial charge on any atom is -0.377 e. The maximum Gasteiger partial charge on any atom is 0.272 e. The van der Waals surface area contributed by atoms with Crippen LogP contribution in [0, 0.1) is 17.0 Å². The Labute approximate surface area is 113 Å². The summed E-state index contributed by atoms with van der Waals surface area (Å²) >= 11 is 0. The van der Waals surface area contributed by atoms with Gasteiger partial charge in [-0.3, -0.25) is 10.1 Å². The Balaban J connectivity index is 2.12. The van der Waals surface area contributed by atoms with Crippen LogP contribution in [0.4, 0.5) is 5.69 Å². The summed E-state index contributed by atoms with van der Waals surface area (Å²) in [6.45, 7) is 7.38. The number of nitro benzene ring substituents is 1. The van der Waals surface area contributed by atoms with Crippen molar-refractivity contribution in [2.24, 2.45) is 0 Å². The highest BCUT2D eigenvalue weighted by molar-refractivity contribution is 5.44. The molecule has 1 aliphatic rings. The van der Waals surface area contributed by atoms with E-state index in [9.17, 15) is 10.1 Å². The van der Waals surface area contributed by atoms with Gasteiger partial charge < -0.3 is 10.1 Å². The van der Waals surface area contributed by atoms with E-state index >= 15 is 0 Å². The van der Waals surface area contributed by atoms with E-state index in [4.69, 9.17) is 4.74 Å². The summed E-state index contributed by atoms with van der Waals surface area (Å²) in [5.41, 5.74) is 1.82. The quantitative estimate of drug-likeness (QED) is 0.670. The number of hydrogen-bond donors (Lipinski definition) is 1. The normalized spacial score (nSPS) is 26.6. The van der Waals surface area contributed by atoms with Gasteiger partial charge in [-0.25, -0.2) is 0 Å². The summed E-state index contributed by atoms with van der Waals surface area (Å²) in [6.07, 6.45) is 1.12. The summed E-state index contributed by atoms with van der Waals surface area (Å²) in [5, 5.41) is 14.4. The number of ether oxygens (including phenoxy) is 1. The first-order valence-electron chi connectivity index (χ1n) is 6.53. The van der Waals surface area contributed by atoms with Crippen LogP contribution in [0.15, 0.2) is 18.2 Å². The number of rotatable bonds is 4. The van der Waals surface area contributed by atoms with Crippen molar-refractivity contribution in [1.29, 1.82) is 0 Å². The Morgan fingerprint density at radius 2 is 2.32 bits per heavy atom. The summed E-state index contributed by atoms with van der Waals surface area (Å²) in [6, 6.07) is 5.21. The van der Waals surface area contributed by atoms with Gasteiger partial charge in [0.15, 0.2) is 0 Å². The molecule has 0 radical (unpaired) electrons. The van der Waals surface area contributed by atoms with Crippen LogP contribution in [0.25, 0.3) is 0 Å². The first-order chi connectivity index (χ1) is 8.94. The molecule has 2 atom stereocenters. The topological polar surface area (TPSA) is 64.4 Å². The number of nitrogens with zero attached hydrogens (tertiary/aromatic N) is 1. The molecule has 0 aliphatic carbocycles. The van der Waals surface area contributed by atoms with Crippen molar-refractivity contribution in [3.63, 3.8) is 0 Å². The first-order valence-corrected chi connectivity index (χ1v) is 6.53. The molecule has 5 nitrogen and oxygen atoms in total. The Bertz CT molecular complexity index is 490. The van der Waals surface area contributed by atoms with Crippen LogP contribution in [-0.2, 0) is 11.3 Å². The van der Waals surface area contributed by atoms with E-state index in [1.165, 1.54) is 0 Å². The zero-order valence-electron chi connectivity index (χ0n) is 11.6. The highest BCUT2D eigenvalue weighted by Gasteiger charge is 2.36. The molecule has 19 heavy (non-hydrogen) atoms. The number of nitrogens with one attached hydrogen (secondary N) is 1. The van der Waals surface area contributed by atoms with Gasteiger partial charge in [0.05, 0.1) is 11.0 Å². The summed E-state index contributed by atoms with van der Waals surface area (Å²) < 4.78 is 5.58. The van der Waals surface area contributed by atoms with Crippen LogP contribution in [0.3, 0.4) is 0 Å². The Morgan fingerprint density at radius 3 is 2.89 bits per heavy atom. The fourth-order valence-electron chi connectivity index (χ4n) is 2.42. The van der Waals surface area contributed by atoms with Crippen LogP contribution in [0.5, 0.6) is 0 Å². The van der Waals surface area contributed by atoms with E-state index in [0.717, 1.165) is 24.2 Å². The van der Waals surface area contributed by atoms with Crippen molar-refractivity contribution in [2.45, 2.75) is 45.4 Å². The van der Waals surface area contributed by atoms with Gasteiger partial charge in [0, 0.05) is 30.3 Å². The average Bonchev–Trinajstić information content (AvgIpc) is 2.68. The lowest BCUT2D eigenvalue weighted by atomic mass is 9.94. The Hall–Kier alpha value is -1.46. The maximum atomic E-state index is 10.9. The second kappa shape index (κ2) is 5.27. The van der Waals surface area contributed by atoms with Crippen molar-refractivity contribution in [2.75, 3.05) is 6.61 Å². The molecular formula is C14H20N2O3. The van der Waals surface area contributed by atoms with Gasteiger partial charge in [-0.05, 0) is 32.8 Å². The molecule has 1 aliphatic heterocycles. The number of nitro groups is 1. The minimum atomic E-state index is -0.331. The largest absolute Gasteiger partial charge is 0.377 e. The smallest absolute Gasteiger partial charge is 0.272 e. The van der Waals surface area contributed by atoms with Crippen LogP contribution in [0.1, 0.15) is 31.4 Å². The molecule has 0 aromatic heterocycles. The van der Waals surface area contributed by atoms with Gasteiger partial charge in [-0.2, -0.15) is 0 Å². The molecule has 1 saturated heterocycles. The fraction of sp³-hybridized carbons (Fsp3) is 0.571. The monoisotopic (exact) mass is 264 g/mol. The van der Waals surface area contributed by atoms with Crippen LogP contribution < -0.4 is 5.32 Å². The lowest BCUT2D eigenvalue weighted by Gasteiger charge is -2.29. The summed E-state index contributed by atoms with van der Waals surface area (Å²) in [5.74, 6) is 0. The molecule has 0 saturated carbocycles. The van der Waals surface area contributed by atoms with Crippen molar-refractivity contribution in [3.05, 3.63) is 39.4 Å². The van der Waals surface area contributed by atoms with Crippen LogP contribution in [-0.4, -0.2) is 23.2 Å². The first kappa shape index (κ1) is 14.0. The Morgan fingerprint density at radius 1 is 1.58 bits per heavy atom. The molecule has 1 N–H and O–H groups in total. The van der Waals surface area contributed by atoms with E-state index in [2.05, 4.69) is 19.2 Å². The number of hydrogen-bond acceptors (Lipinski definition) is 4. The zero-order chi connectivity index (χ0) is 14.0. The summed E-state index contributed by atoms with van der Waals surface area (Å²) in [7, 11) is 0. The SMILES string of the molecule is Cc1c(CNC2(C)CCOC2C)cccc1[N+](=O)[O-]. The second-order valence-corrected chi connectivity index (χ2v) is 5.35. The van der Waals surface area contributed by atoms with Crippen LogP contribution >= 0.6 is 0 Å². The average molecular weight is 264 g/mol. The van der Waals surface area contributed by atoms with E-state index in [1.54, 1.807) is 19.1 Å². The number of benzene rings is 1. The van der Waals surface area contributed by atoms with Crippen molar-refractivity contribution in [1.82, 2.24) is 5.32 Å². The molecule has 5 heteroatoms. The molecule has 1 heterocycles. The zero-order valence-corrected chi connectivity index (χ0v) is 11.6. The third-order valence-corrected chi connectivity index (χ3v) is 4.18. The van der Waals surface area contributed by atoms with E-state index in [1.807, 2.05) is 6.07 Å². The summed E-state index contributed by atoms with van der Waals surface area (Å²) in [4.78, 5) is 10.6. The van der Waals surface area contributed by atoms with Gasteiger partial charge in [0.2, 0.25) is 0 Å². The van der Waals surface area contributed by atoms with Gasteiger partial charge in [-0.15, -0.1) is 0 Å². The molecule has 104 valence electrons. The minimum absolute atomic E-state index is 0.0585. The lowest BCUT2D eigenvalue weighted by Crippen LogP contribution is -2.47. The van der Waals surface area contributed by atoms with Crippen molar-refractivity contribution < 1.29 is 9.66 Å². The van der Waals surface area contributed by atoms with E-state index < -0.39 is 0 Å². The molecule has 1 aromatic carbocycles. The lowest BCUT2D eigenvalue weighted by molar-refractivity contribution is -0.385. The van der Waals surface area contributed by atoms with Gasteiger partial charge in [-0.1, -0.05) is 12.1 Å². The van der Waals surface area contributed by atoms with E-state index in [0.29, 0.717) is 6.54 Å². The van der Waals surface area contributed by atoms with Gasteiger partial charge in [0.1, 0.15) is 0 Å². The molecular weight excluding hydrogens is 244 g/mol. The van der Waals surface area contributed by atoms with Crippen molar-refractivity contribution >= 4 is 5.69 Å². The Kier molecular flexibility index (Phi) is 3.87. The molecule has 2 unspecified atom stereocenters. The maximum absolute atomic E-state index is 10.9. The standard InChI is InChI=1S/C14H20N2O3/c1-10-12(5-4-6-13(10)16(17)18)9-15-14(3)7-8-19-11(14)2/h4-6,11,15H,7-9H2,1-3H3. The van der Waals surface area contributed by atoms with E-state index in [-0.39, 0.29) is 22.3 Å². The predicted octanol–water partition coefficient (Wildman–Crippen LogP) is 2.56. The van der Waals surface area contributed by atoms with Gasteiger partial charge >= 0.3 is 0 Å². The molecule has 0 spiro atoms. The molecule has 0 bridgehead atoms. The van der Waals surface area contributed by atoms with Crippen molar-refractivity contribution in [3.8, 4) is 0 Å². The molecule has 2 rings (SSSR count). The molecule has 1 aromatic rings. The fourth-order valence-corrected chi connectivity index (χ4v) is 2.42. The third-order valence-electron chi connectivity index (χ3n) is 4.18. The molecule has 1 fully saturated rings. The van der Waals surface area contributed by atoms with Gasteiger partial charge in [0.25, 0.3) is 5.69 Å². The third kappa shape index (κ3) is 2.77. The second-order valence-electron chi connectivity index (χ2n) is 5.35.